The van der Waals surface area contributed by atoms with Crippen LogP contribution in [0.3, 0.4) is 0 Å². The lowest BCUT2D eigenvalue weighted by Crippen LogP contribution is -2.46. The van der Waals surface area contributed by atoms with Crippen LogP contribution in [-0.2, 0) is 18.4 Å². The van der Waals surface area contributed by atoms with Crippen molar-refractivity contribution in [3.8, 4) is 0 Å². The van der Waals surface area contributed by atoms with Crippen LogP contribution in [-0.4, -0.2) is 68.5 Å². The van der Waals surface area contributed by atoms with Crippen LogP contribution in [0.2, 0.25) is 0 Å². The number of rotatable bonds is 36. The Labute approximate surface area is 303 Å². The summed E-state index contributed by atoms with van der Waals surface area (Å²) in [7, 11) is 1.30. The number of aliphatic hydroxyl groups excluding tert-OH is 1. The minimum absolute atomic E-state index is 0.0112. The Morgan fingerprint density at radius 3 is 1.73 bits per heavy atom. The van der Waals surface area contributed by atoms with Gasteiger partial charge in [0.25, 0.3) is 7.82 Å². The van der Waals surface area contributed by atoms with Crippen molar-refractivity contribution in [2.45, 2.75) is 187 Å². The van der Waals surface area contributed by atoms with Gasteiger partial charge in [-0.05, 0) is 44.9 Å². The summed E-state index contributed by atoms with van der Waals surface area (Å²) in [5.74, 6) is -0.174. The molecule has 9 heteroatoms. The topological polar surface area (TPSA) is 108 Å². The summed E-state index contributed by atoms with van der Waals surface area (Å²) in [6, 6.07) is -0.797. The molecule has 0 spiro atoms. The highest BCUT2D eigenvalue weighted by Gasteiger charge is 2.24. The zero-order chi connectivity index (χ0) is 36.5. The predicted molar refractivity (Wildman–Crippen MR) is 205 cm³/mol. The fourth-order valence-electron chi connectivity index (χ4n) is 5.66. The van der Waals surface area contributed by atoms with Gasteiger partial charge in [-0.3, -0.25) is 9.36 Å². The number of nitrogens with zero attached hydrogens (tertiary/aromatic N) is 1. The molecule has 0 aliphatic rings. The van der Waals surface area contributed by atoms with E-state index < -0.39 is 20.0 Å². The zero-order valence-electron chi connectivity index (χ0n) is 32.6. The van der Waals surface area contributed by atoms with E-state index >= 15 is 0 Å². The van der Waals surface area contributed by atoms with E-state index in [9.17, 15) is 19.4 Å². The molecule has 0 aromatic rings. The van der Waals surface area contributed by atoms with Gasteiger partial charge in [-0.1, -0.05) is 147 Å². The molecule has 8 nitrogen and oxygen atoms in total. The van der Waals surface area contributed by atoms with Crippen LogP contribution in [0.25, 0.3) is 0 Å². The molecule has 0 saturated carbocycles. The van der Waals surface area contributed by atoms with E-state index in [0.717, 1.165) is 44.9 Å². The van der Waals surface area contributed by atoms with E-state index in [-0.39, 0.29) is 19.1 Å². The highest BCUT2D eigenvalue weighted by Crippen LogP contribution is 2.38. The third-order valence-corrected chi connectivity index (χ3v) is 9.91. The maximum atomic E-state index is 12.8. The van der Waals surface area contributed by atoms with Crippen LogP contribution in [0.5, 0.6) is 0 Å². The molecule has 0 aromatic carbocycles. The number of amides is 1. The van der Waals surface area contributed by atoms with Gasteiger partial charge in [-0.2, -0.15) is 0 Å². The average Bonchev–Trinajstić information content (AvgIpc) is 3.04. The standard InChI is InChI=1S/C40H79N2O6P/c1-6-8-10-12-14-16-17-18-19-20-21-22-23-24-25-26-28-30-32-34-40(44)41-38(37-48-49(45,46)47-36-35-42(3,4)5)39(43)33-31-29-27-15-13-11-9-7-2/h14,16,18-19,38-39,43H,6-13,15,17,20-37H2,1-5H3,(H-,41,44,45,46)/b16-14-,19-18-. The molecule has 0 saturated heterocycles. The Bertz CT molecular complexity index is 860. The van der Waals surface area contributed by atoms with Gasteiger partial charge in [0.15, 0.2) is 0 Å². The molecule has 2 N–H and O–H groups in total. The van der Waals surface area contributed by atoms with Gasteiger partial charge in [0.05, 0.1) is 39.9 Å². The number of phosphoric ester groups is 1. The number of hydrogen-bond acceptors (Lipinski definition) is 6. The van der Waals surface area contributed by atoms with Crippen LogP contribution in [0, 0.1) is 0 Å². The van der Waals surface area contributed by atoms with Gasteiger partial charge >= 0.3 is 0 Å². The van der Waals surface area contributed by atoms with Gasteiger partial charge < -0.3 is 28.8 Å². The minimum atomic E-state index is -4.55. The van der Waals surface area contributed by atoms with Crippen molar-refractivity contribution in [3.63, 3.8) is 0 Å². The Morgan fingerprint density at radius 1 is 0.714 bits per heavy atom. The monoisotopic (exact) mass is 715 g/mol. The quantitative estimate of drug-likeness (QED) is 0.0290. The van der Waals surface area contributed by atoms with Crippen molar-refractivity contribution >= 4 is 13.7 Å². The van der Waals surface area contributed by atoms with E-state index in [1.54, 1.807) is 0 Å². The molecule has 3 unspecified atom stereocenters. The number of phosphoric acid groups is 1. The summed E-state index contributed by atoms with van der Waals surface area (Å²) in [5, 5.41) is 13.8. The van der Waals surface area contributed by atoms with E-state index in [1.807, 2.05) is 21.1 Å². The van der Waals surface area contributed by atoms with Gasteiger partial charge in [0, 0.05) is 6.42 Å². The Balaban J connectivity index is 4.29. The number of quaternary nitrogens is 1. The second-order valence-electron chi connectivity index (χ2n) is 15.0. The molecule has 0 aromatic heterocycles. The molecule has 0 radical (unpaired) electrons. The van der Waals surface area contributed by atoms with Crippen molar-refractivity contribution in [3.05, 3.63) is 24.3 Å². The Kier molecular flexibility index (Phi) is 32.2. The molecule has 0 aliphatic carbocycles. The maximum absolute atomic E-state index is 12.8. The third-order valence-electron chi connectivity index (χ3n) is 8.94. The predicted octanol–water partition coefficient (Wildman–Crippen LogP) is 9.94. The van der Waals surface area contributed by atoms with Crippen molar-refractivity contribution in [1.82, 2.24) is 5.32 Å². The first-order valence-electron chi connectivity index (χ1n) is 20.2. The van der Waals surface area contributed by atoms with Crippen LogP contribution >= 0.6 is 7.82 Å². The van der Waals surface area contributed by atoms with Gasteiger partial charge in [-0.15, -0.1) is 0 Å². The average molecular weight is 715 g/mol. The first-order chi connectivity index (χ1) is 23.5. The van der Waals surface area contributed by atoms with E-state index in [1.165, 1.54) is 103 Å². The summed E-state index contributed by atoms with van der Waals surface area (Å²) >= 11 is 0. The summed E-state index contributed by atoms with van der Waals surface area (Å²) < 4.78 is 23.1. The third kappa shape index (κ3) is 35.2. The molecule has 1 amide bonds. The zero-order valence-corrected chi connectivity index (χ0v) is 33.5. The lowest BCUT2D eigenvalue weighted by molar-refractivity contribution is -0.870. The first-order valence-corrected chi connectivity index (χ1v) is 21.6. The first kappa shape index (κ1) is 48.0. The van der Waals surface area contributed by atoms with Crippen LogP contribution in [0.1, 0.15) is 174 Å². The van der Waals surface area contributed by atoms with Crippen molar-refractivity contribution in [1.29, 1.82) is 0 Å². The van der Waals surface area contributed by atoms with Gasteiger partial charge in [0.1, 0.15) is 13.2 Å². The summed E-state index contributed by atoms with van der Waals surface area (Å²) in [6.45, 7) is 4.64. The van der Waals surface area contributed by atoms with Crippen LogP contribution in [0.15, 0.2) is 24.3 Å². The molecular formula is C40H79N2O6P. The maximum Gasteiger partial charge on any atom is 0.268 e. The van der Waals surface area contributed by atoms with Crippen molar-refractivity contribution < 1.29 is 32.9 Å². The molecule has 0 bridgehead atoms. The van der Waals surface area contributed by atoms with Crippen molar-refractivity contribution in [2.24, 2.45) is 0 Å². The number of aliphatic hydroxyl groups is 1. The number of unbranched alkanes of at least 4 members (excludes halogenated alkanes) is 19. The molecule has 0 fully saturated rings. The SMILES string of the molecule is CCCCC/C=C\C/C=C\CCCCCCCCCCCC(=O)NC(COP(=O)([O-])OCC[N+](C)(C)C)C(O)CCCCCCCCCC. The normalized spacial score (nSPS) is 14.8. The van der Waals surface area contributed by atoms with Crippen LogP contribution < -0.4 is 10.2 Å². The molecule has 0 rings (SSSR count). The molecule has 0 heterocycles. The Morgan fingerprint density at radius 2 is 1.18 bits per heavy atom. The van der Waals surface area contributed by atoms with Crippen LogP contribution in [0.4, 0.5) is 0 Å². The minimum Gasteiger partial charge on any atom is -0.756 e. The number of carbonyl (C=O) groups is 1. The summed E-state index contributed by atoms with van der Waals surface area (Å²) in [4.78, 5) is 25.2. The largest absolute Gasteiger partial charge is 0.756 e. The summed E-state index contributed by atoms with van der Waals surface area (Å²) in [6.07, 6.45) is 36.1. The fraction of sp³-hybridized carbons (Fsp3) is 0.875. The molecule has 290 valence electrons. The smallest absolute Gasteiger partial charge is 0.268 e. The number of allylic oxidation sites excluding steroid dienone is 4. The number of nitrogens with one attached hydrogen (secondary N) is 1. The van der Waals surface area contributed by atoms with E-state index in [4.69, 9.17) is 9.05 Å². The Hall–Kier alpha value is -1.02. The highest BCUT2D eigenvalue weighted by atomic mass is 31.2. The van der Waals surface area contributed by atoms with E-state index in [0.29, 0.717) is 23.9 Å². The molecule has 3 atom stereocenters. The van der Waals surface area contributed by atoms with Gasteiger partial charge in [-0.25, -0.2) is 0 Å². The molecular weight excluding hydrogens is 635 g/mol. The lowest BCUT2D eigenvalue weighted by Gasteiger charge is -2.30. The lowest BCUT2D eigenvalue weighted by atomic mass is 10.0. The number of likely N-dealkylation sites (N-methyl/N-ethyl adjacent to an activating group) is 1. The fourth-order valence-corrected chi connectivity index (χ4v) is 6.38. The number of hydrogen-bond donors (Lipinski definition) is 2. The second kappa shape index (κ2) is 32.9. The highest BCUT2D eigenvalue weighted by molar-refractivity contribution is 7.45. The van der Waals surface area contributed by atoms with E-state index in [2.05, 4.69) is 43.5 Å². The second-order valence-corrected chi connectivity index (χ2v) is 16.4. The number of carbonyl (C=O) groups excluding carboxylic acids is 1. The van der Waals surface area contributed by atoms with Gasteiger partial charge in [0.2, 0.25) is 5.91 Å². The molecule has 49 heavy (non-hydrogen) atoms. The molecule has 0 aliphatic heterocycles. The summed E-state index contributed by atoms with van der Waals surface area (Å²) in [5.41, 5.74) is 0. The van der Waals surface area contributed by atoms with Crippen molar-refractivity contribution in [2.75, 3.05) is 40.9 Å².